The molecule has 0 bridgehead atoms. The van der Waals surface area contributed by atoms with Crippen molar-refractivity contribution in [3.8, 4) is 22.3 Å². The Morgan fingerprint density at radius 3 is 1.69 bits per heavy atom. The lowest BCUT2D eigenvalue weighted by molar-refractivity contribution is 0.443. The van der Waals surface area contributed by atoms with Gasteiger partial charge in [-0.15, -0.1) is 0 Å². The van der Waals surface area contributed by atoms with Crippen LogP contribution in [0.3, 0.4) is 0 Å². The monoisotopic (exact) mass is 635 g/mol. The van der Waals surface area contributed by atoms with Crippen molar-refractivity contribution < 1.29 is 0 Å². The zero-order valence-electron chi connectivity index (χ0n) is 28.7. The average Bonchev–Trinajstić information content (AvgIpc) is 3.19. The number of rotatable bonds is 9. The first-order valence-electron chi connectivity index (χ1n) is 17.8. The highest BCUT2D eigenvalue weighted by atomic mass is 15.1. The first-order valence-corrected chi connectivity index (χ1v) is 17.8. The van der Waals surface area contributed by atoms with E-state index in [9.17, 15) is 0 Å². The maximum absolute atomic E-state index is 2.42. The van der Waals surface area contributed by atoms with Crippen LogP contribution in [-0.4, -0.2) is 0 Å². The fraction of sp³-hybridized carbons (Fsp3) is 0.167. The Balaban J connectivity index is 1.37. The van der Waals surface area contributed by atoms with Crippen molar-refractivity contribution in [2.24, 2.45) is 0 Å². The first-order chi connectivity index (χ1) is 24.2. The third-order valence-corrected chi connectivity index (χ3v) is 10.0. The third kappa shape index (κ3) is 7.22. The van der Waals surface area contributed by atoms with Crippen LogP contribution in [0.5, 0.6) is 0 Å². The van der Waals surface area contributed by atoms with E-state index in [4.69, 9.17) is 0 Å². The van der Waals surface area contributed by atoms with Crippen LogP contribution in [-0.2, 0) is 0 Å². The molecule has 0 unspecified atom stereocenters. The number of hydrogen-bond acceptors (Lipinski definition) is 1. The van der Waals surface area contributed by atoms with Crippen molar-refractivity contribution in [3.63, 3.8) is 0 Å². The molecule has 1 aliphatic rings. The van der Waals surface area contributed by atoms with Gasteiger partial charge in [0.2, 0.25) is 0 Å². The van der Waals surface area contributed by atoms with Crippen LogP contribution < -0.4 is 4.90 Å². The topological polar surface area (TPSA) is 3.24 Å². The molecular formula is C48H45N. The van der Waals surface area contributed by atoms with E-state index in [1.165, 1.54) is 87.9 Å². The van der Waals surface area contributed by atoms with Gasteiger partial charge in [-0.3, -0.25) is 0 Å². The number of hydrogen-bond donors (Lipinski definition) is 0. The average molecular weight is 636 g/mol. The Hall–Kier alpha value is -5.40. The molecule has 0 spiro atoms. The molecule has 0 saturated heterocycles. The summed E-state index contributed by atoms with van der Waals surface area (Å²) in [6.45, 7) is 4.35. The van der Waals surface area contributed by atoms with Crippen molar-refractivity contribution in [1.82, 2.24) is 0 Å². The molecule has 0 atom stereocenters. The summed E-state index contributed by atoms with van der Waals surface area (Å²) in [7, 11) is 0. The molecule has 0 heterocycles. The van der Waals surface area contributed by atoms with E-state index in [-0.39, 0.29) is 0 Å². The SMILES string of the molecule is C/C=C\C(=C(/C)c1ccc(N(c2ccc(-c3ccccc3)cc2)c2ccc(C3CCCCC3)cc2)cc1-c1ccccc1)c1ccccc1. The molecule has 7 rings (SSSR count). The summed E-state index contributed by atoms with van der Waals surface area (Å²) in [5, 5.41) is 0. The normalized spacial score (nSPS) is 14.1. The third-order valence-electron chi connectivity index (χ3n) is 10.0. The Kier molecular flexibility index (Phi) is 9.99. The molecule has 6 aromatic carbocycles. The molecule has 242 valence electrons. The van der Waals surface area contributed by atoms with Gasteiger partial charge in [0.1, 0.15) is 0 Å². The lowest BCUT2D eigenvalue weighted by Gasteiger charge is -2.28. The summed E-state index contributed by atoms with van der Waals surface area (Å²) in [5.41, 5.74) is 14.7. The van der Waals surface area contributed by atoms with Gasteiger partial charge in [-0.05, 0) is 119 Å². The quantitative estimate of drug-likeness (QED) is 0.113. The summed E-state index contributed by atoms with van der Waals surface area (Å²) in [5.74, 6) is 0.677. The zero-order valence-corrected chi connectivity index (χ0v) is 28.7. The molecule has 1 heteroatoms. The lowest BCUT2D eigenvalue weighted by Crippen LogP contribution is -2.11. The van der Waals surface area contributed by atoms with E-state index >= 15 is 0 Å². The highest BCUT2D eigenvalue weighted by molar-refractivity contribution is 5.99. The molecule has 49 heavy (non-hydrogen) atoms. The van der Waals surface area contributed by atoms with E-state index in [1.807, 2.05) is 0 Å². The zero-order chi connectivity index (χ0) is 33.4. The second-order valence-corrected chi connectivity index (χ2v) is 13.2. The van der Waals surface area contributed by atoms with Gasteiger partial charge in [-0.1, -0.05) is 153 Å². The minimum absolute atomic E-state index is 0.677. The van der Waals surface area contributed by atoms with Gasteiger partial charge in [-0.2, -0.15) is 0 Å². The van der Waals surface area contributed by atoms with Crippen molar-refractivity contribution in [2.75, 3.05) is 4.90 Å². The van der Waals surface area contributed by atoms with Crippen LogP contribution in [0.15, 0.2) is 170 Å². The Bertz CT molecular complexity index is 2010. The summed E-state index contributed by atoms with van der Waals surface area (Å²) >= 11 is 0. The minimum Gasteiger partial charge on any atom is -0.310 e. The number of benzene rings is 6. The van der Waals surface area contributed by atoms with Gasteiger partial charge in [0, 0.05) is 17.1 Å². The van der Waals surface area contributed by atoms with Gasteiger partial charge in [0.15, 0.2) is 0 Å². The number of anilines is 3. The number of nitrogens with zero attached hydrogens (tertiary/aromatic N) is 1. The van der Waals surface area contributed by atoms with Gasteiger partial charge in [0.25, 0.3) is 0 Å². The van der Waals surface area contributed by atoms with Crippen molar-refractivity contribution in [3.05, 3.63) is 187 Å². The predicted molar refractivity (Wildman–Crippen MR) is 212 cm³/mol. The highest BCUT2D eigenvalue weighted by Crippen LogP contribution is 2.42. The second kappa shape index (κ2) is 15.2. The Morgan fingerprint density at radius 1 is 0.551 bits per heavy atom. The fourth-order valence-electron chi connectivity index (χ4n) is 7.43. The molecule has 0 N–H and O–H groups in total. The molecule has 1 saturated carbocycles. The predicted octanol–water partition coefficient (Wildman–Crippen LogP) is 14.0. The molecule has 0 amide bonds. The Labute approximate surface area is 292 Å². The summed E-state index contributed by atoms with van der Waals surface area (Å²) in [4.78, 5) is 2.42. The van der Waals surface area contributed by atoms with Crippen LogP contribution in [0, 0.1) is 0 Å². The fourth-order valence-corrected chi connectivity index (χ4v) is 7.43. The van der Waals surface area contributed by atoms with Crippen LogP contribution in [0.4, 0.5) is 17.1 Å². The summed E-state index contributed by atoms with van der Waals surface area (Å²) < 4.78 is 0. The largest absolute Gasteiger partial charge is 0.310 e. The van der Waals surface area contributed by atoms with E-state index < -0.39 is 0 Å². The van der Waals surface area contributed by atoms with Gasteiger partial charge < -0.3 is 4.90 Å². The Morgan fingerprint density at radius 2 is 1.08 bits per heavy atom. The van der Waals surface area contributed by atoms with Gasteiger partial charge in [0.05, 0.1) is 0 Å². The van der Waals surface area contributed by atoms with Gasteiger partial charge in [-0.25, -0.2) is 0 Å². The van der Waals surface area contributed by atoms with Crippen molar-refractivity contribution >= 4 is 28.2 Å². The van der Waals surface area contributed by atoms with Crippen molar-refractivity contribution in [1.29, 1.82) is 0 Å². The molecule has 6 aromatic rings. The van der Waals surface area contributed by atoms with Gasteiger partial charge >= 0.3 is 0 Å². The molecule has 0 aromatic heterocycles. The summed E-state index contributed by atoms with van der Waals surface area (Å²) in [6, 6.07) is 57.6. The molecule has 1 nitrogen and oxygen atoms in total. The van der Waals surface area contributed by atoms with Crippen LogP contribution in [0.25, 0.3) is 33.4 Å². The van der Waals surface area contributed by atoms with E-state index in [2.05, 4.69) is 189 Å². The summed E-state index contributed by atoms with van der Waals surface area (Å²) in [6.07, 6.45) is 11.0. The van der Waals surface area contributed by atoms with Crippen LogP contribution >= 0.6 is 0 Å². The first kappa shape index (κ1) is 32.2. The lowest BCUT2D eigenvalue weighted by atomic mass is 9.84. The standard InChI is InChI=1S/C48H45N/c1-3-16-46(41-21-12-6-13-22-41)36(2)47-34-33-45(35-48(47)42-23-14-7-15-24-42)49(43-29-25-39(26-30-43)37-17-8-4-9-18-37)44-31-27-40(28-32-44)38-19-10-5-11-20-38/h3-4,6-9,12-18,21-35,38H,5,10-11,19-20H2,1-2H3/b16-3-,46-36-. The van der Waals surface area contributed by atoms with E-state index in [0.29, 0.717) is 5.92 Å². The van der Waals surface area contributed by atoms with Crippen LogP contribution in [0.1, 0.15) is 68.6 Å². The molecule has 0 radical (unpaired) electrons. The van der Waals surface area contributed by atoms with Crippen LogP contribution in [0.2, 0.25) is 0 Å². The second-order valence-electron chi connectivity index (χ2n) is 13.2. The smallest absolute Gasteiger partial charge is 0.0468 e. The number of allylic oxidation sites excluding steroid dienone is 4. The maximum atomic E-state index is 2.42. The van der Waals surface area contributed by atoms with E-state index in [1.54, 1.807) is 0 Å². The minimum atomic E-state index is 0.677. The van der Waals surface area contributed by atoms with Crippen molar-refractivity contribution in [2.45, 2.75) is 51.9 Å². The van der Waals surface area contributed by atoms with E-state index in [0.717, 1.165) is 11.4 Å². The molecule has 0 aliphatic heterocycles. The maximum Gasteiger partial charge on any atom is 0.0468 e. The molecular weight excluding hydrogens is 591 g/mol. The highest BCUT2D eigenvalue weighted by Gasteiger charge is 2.20. The molecule has 1 fully saturated rings. The molecule has 1 aliphatic carbocycles.